The first-order chi connectivity index (χ1) is 8.03. The highest BCUT2D eigenvalue weighted by molar-refractivity contribution is 7.89. The molecule has 0 aromatic heterocycles. The van der Waals surface area contributed by atoms with Crippen molar-refractivity contribution in [1.82, 2.24) is 4.72 Å². The number of hydrogen-bond donors (Lipinski definition) is 2. The van der Waals surface area contributed by atoms with Crippen molar-refractivity contribution in [2.45, 2.75) is 51.2 Å². The summed E-state index contributed by atoms with van der Waals surface area (Å²) in [5.41, 5.74) is 5.80. The van der Waals surface area contributed by atoms with E-state index in [2.05, 4.69) is 4.72 Å². The largest absolute Gasteiger partial charge is 0.378 e. The first kappa shape index (κ1) is 14.9. The Morgan fingerprint density at radius 2 is 1.94 bits per heavy atom. The summed E-state index contributed by atoms with van der Waals surface area (Å²) in [6, 6.07) is 0.339. The van der Waals surface area contributed by atoms with Crippen LogP contribution >= 0.6 is 0 Å². The molecule has 0 bridgehead atoms. The first-order valence-electron chi connectivity index (χ1n) is 6.38. The van der Waals surface area contributed by atoms with E-state index < -0.39 is 10.0 Å². The molecule has 0 saturated heterocycles. The van der Waals surface area contributed by atoms with Gasteiger partial charge in [-0.2, -0.15) is 0 Å². The van der Waals surface area contributed by atoms with Gasteiger partial charge in [0.2, 0.25) is 10.0 Å². The lowest BCUT2D eigenvalue weighted by atomic mass is 9.94. The van der Waals surface area contributed by atoms with Crippen LogP contribution < -0.4 is 10.5 Å². The summed E-state index contributed by atoms with van der Waals surface area (Å²) in [5.74, 6) is 0.133. The average molecular weight is 264 g/mol. The molecule has 0 aliphatic heterocycles. The van der Waals surface area contributed by atoms with E-state index in [-0.39, 0.29) is 5.75 Å². The van der Waals surface area contributed by atoms with E-state index in [1.165, 1.54) is 0 Å². The normalized spacial score (nSPS) is 26.0. The summed E-state index contributed by atoms with van der Waals surface area (Å²) in [6.07, 6.45) is 5.17. The van der Waals surface area contributed by atoms with Gasteiger partial charge in [0.05, 0.1) is 11.9 Å². The lowest BCUT2D eigenvalue weighted by Crippen LogP contribution is -2.31. The van der Waals surface area contributed by atoms with Gasteiger partial charge < -0.3 is 10.5 Å². The van der Waals surface area contributed by atoms with Gasteiger partial charge in [-0.3, -0.25) is 0 Å². The number of nitrogens with one attached hydrogen (secondary N) is 1. The van der Waals surface area contributed by atoms with Crippen LogP contribution in [0.4, 0.5) is 0 Å². The van der Waals surface area contributed by atoms with Crippen molar-refractivity contribution in [3.8, 4) is 0 Å². The highest BCUT2D eigenvalue weighted by Gasteiger charge is 2.18. The van der Waals surface area contributed by atoms with Crippen molar-refractivity contribution in [3.63, 3.8) is 0 Å². The second-order valence-electron chi connectivity index (χ2n) is 4.56. The first-order valence-corrected chi connectivity index (χ1v) is 8.03. The molecule has 0 radical (unpaired) electrons. The predicted molar refractivity (Wildman–Crippen MR) is 68.3 cm³/mol. The number of ether oxygens (including phenoxy) is 1. The van der Waals surface area contributed by atoms with E-state index in [1.54, 1.807) is 6.92 Å². The van der Waals surface area contributed by atoms with Crippen LogP contribution in [0, 0.1) is 0 Å². The van der Waals surface area contributed by atoms with Crippen molar-refractivity contribution in [2.75, 3.05) is 18.9 Å². The lowest BCUT2D eigenvalue weighted by molar-refractivity contribution is 0.0245. The maximum Gasteiger partial charge on any atom is 0.211 e. The number of hydrogen-bond acceptors (Lipinski definition) is 4. The van der Waals surface area contributed by atoms with Crippen LogP contribution in [0.2, 0.25) is 0 Å². The smallest absolute Gasteiger partial charge is 0.211 e. The molecule has 6 heteroatoms. The van der Waals surface area contributed by atoms with Crippen molar-refractivity contribution in [2.24, 2.45) is 5.73 Å². The van der Waals surface area contributed by atoms with Crippen LogP contribution in [0.5, 0.6) is 0 Å². The third-order valence-corrected chi connectivity index (χ3v) is 4.50. The second-order valence-corrected chi connectivity index (χ2v) is 6.65. The second kappa shape index (κ2) is 7.31. The van der Waals surface area contributed by atoms with Gasteiger partial charge in [0.25, 0.3) is 0 Å². The summed E-state index contributed by atoms with van der Waals surface area (Å²) in [7, 11) is -3.05. The minimum atomic E-state index is -3.05. The molecule has 17 heavy (non-hydrogen) atoms. The van der Waals surface area contributed by atoms with Crippen LogP contribution in [0.15, 0.2) is 0 Å². The zero-order valence-corrected chi connectivity index (χ0v) is 11.3. The number of sulfonamides is 1. The Bertz CT molecular complexity index is 298. The van der Waals surface area contributed by atoms with E-state index >= 15 is 0 Å². The van der Waals surface area contributed by atoms with Gasteiger partial charge in [-0.1, -0.05) is 0 Å². The van der Waals surface area contributed by atoms with Crippen molar-refractivity contribution < 1.29 is 13.2 Å². The standard InChI is InChI=1S/C11H24N2O3S/c1-2-17(14,15)13-8-3-9-16-11-6-4-10(12)5-7-11/h10-11,13H,2-9,12H2,1H3. The Morgan fingerprint density at radius 3 is 2.53 bits per heavy atom. The quantitative estimate of drug-likeness (QED) is 0.660. The van der Waals surface area contributed by atoms with Crippen LogP contribution in [0.3, 0.4) is 0 Å². The summed E-state index contributed by atoms with van der Waals surface area (Å²) in [5, 5.41) is 0. The highest BCUT2D eigenvalue weighted by atomic mass is 32.2. The van der Waals surface area contributed by atoms with Crippen LogP contribution in [-0.2, 0) is 14.8 Å². The third kappa shape index (κ3) is 6.35. The van der Waals surface area contributed by atoms with Crippen molar-refractivity contribution >= 4 is 10.0 Å². The minimum absolute atomic E-state index is 0.133. The molecule has 1 rings (SSSR count). The zero-order chi connectivity index (χ0) is 12.7. The van der Waals surface area contributed by atoms with Gasteiger partial charge in [-0.15, -0.1) is 0 Å². The summed E-state index contributed by atoms with van der Waals surface area (Å²) in [4.78, 5) is 0. The fourth-order valence-electron chi connectivity index (χ4n) is 1.91. The molecule has 0 aromatic carbocycles. The third-order valence-electron chi connectivity index (χ3n) is 3.10. The number of nitrogens with two attached hydrogens (primary N) is 1. The average Bonchev–Trinajstić information content (AvgIpc) is 2.31. The van der Waals surface area contributed by atoms with Gasteiger partial charge in [0.15, 0.2) is 0 Å². The van der Waals surface area contributed by atoms with E-state index in [1.807, 2.05) is 0 Å². The molecule has 1 fully saturated rings. The summed E-state index contributed by atoms with van der Waals surface area (Å²) in [6.45, 7) is 2.71. The molecule has 0 amide bonds. The molecule has 1 saturated carbocycles. The van der Waals surface area contributed by atoms with Crippen molar-refractivity contribution in [1.29, 1.82) is 0 Å². The molecular formula is C11H24N2O3S. The van der Waals surface area contributed by atoms with Gasteiger partial charge in [0.1, 0.15) is 0 Å². The lowest BCUT2D eigenvalue weighted by Gasteiger charge is -2.26. The molecule has 0 unspecified atom stereocenters. The van der Waals surface area contributed by atoms with Crippen LogP contribution in [0.25, 0.3) is 0 Å². The topological polar surface area (TPSA) is 81.4 Å². The van der Waals surface area contributed by atoms with Crippen LogP contribution in [-0.4, -0.2) is 39.5 Å². The van der Waals surface area contributed by atoms with Gasteiger partial charge >= 0.3 is 0 Å². The van der Waals surface area contributed by atoms with Gasteiger partial charge in [0, 0.05) is 19.2 Å². The van der Waals surface area contributed by atoms with Crippen LogP contribution in [0.1, 0.15) is 39.0 Å². The molecular weight excluding hydrogens is 240 g/mol. The van der Waals surface area contributed by atoms with E-state index in [9.17, 15) is 8.42 Å². The Morgan fingerprint density at radius 1 is 1.29 bits per heavy atom. The fourth-order valence-corrected chi connectivity index (χ4v) is 2.57. The fraction of sp³-hybridized carbons (Fsp3) is 1.00. The van der Waals surface area contributed by atoms with E-state index in [0.717, 1.165) is 32.1 Å². The van der Waals surface area contributed by atoms with Gasteiger partial charge in [-0.25, -0.2) is 13.1 Å². The monoisotopic (exact) mass is 264 g/mol. The Kier molecular flexibility index (Phi) is 6.40. The Labute approximate surface area is 104 Å². The molecule has 102 valence electrons. The summed E-state index contributed by atoms with van der Waals surface area (Å²) < 4.78 is 30.5. The molecule has 3 N–H and O–H groups in total. The molecule has 0 spiro atoms. The number of rotatable bonds is 7. The highest BCUT2D eigenvalue weighted by Crippen LogP contribution is 2.19. The zero-order valence-electron chi connectivity index (χ0n) is 10.5. The molecule has 0 atom stereocenters. The molecule has 0 heterocycles. The van der Waals surface area contributed by atoms with E-state index in [0.29, 0.717) is 25.3 Å². The molecule has 0 aromatic rings. The SMILES string of the molecule is CCS(=O)(=O)NCCCOC1CCC(N)CC1. The van der Waals surface area contributed by atoms with Gasteiger partial charge in [-0.05, 0) is 39.0 Å². The Hall–Kier alpha value is -0.170. The van der Waals surface area contributed by atoms with E-state index in [4.69, 9.17) is 10.5 Å². The Balaban J connectivity index is 2.01. The minimum Gasteiger partial charge on any atom is -0.378 e. The predicted octanol–water partition coefficient (Wildman–Crippen LogP) is 0.602. The maximum absolute atomic E-state index is 11.1. The summed E-state index contributed by atoms with van der Waals surface area (Å²) >= 11 is 0. The molecule has 1 aliphatic rings. The van der Waals surface area contributed by atoms with Crippen molar-refractivity contribution in [3.05, 3.63) is 0 Å². The maximum atomic E-state index is 11.1. The molecule has 1 aliphatic carbocycles. The molecule has 5 nitrogen and oxygen atoms in total.